The largest absolute Gasteiger partial charge is 0.409 e. The van der Waals surface area contributed by atoms with Gasteiger partial charge in [0.2, 0.25) is 0 Å². The smallest absolute Gasteiger partial charge is 0.144 e. The Morgan fingerprint density at radius 2 is 2.28 bits per heavy atom. The minimum absolute atomic E-state index is 0.272. The standard InChI is InChI=1S/C12H23N5O/c1-12(2,11(13)16-18)6-8-14-7-4-10-5-9-17(3)15-10/h5,9,14,18H,4,6-8H2,1-3H3,(H2,13,16). The third-order valence-electron chi connectivity index (χ3n) is 3.05. The van der Waals surface area contributed by atoms with Gasteiger partial charge < -0.3 is 16.3 Å². The molecular weight excluding hydrogens is 230 g/mol. The Balaban J connectivity index is 2.19. The van der Waals surface area contributed by atoms with Crippen molar-refractivity contribution in [3.8, 4) is 0 Å². The summed E-state index contributed by atoms with van der Waals surface area (Å²) in [5, 5.41) is 19.4. The van der Waals surface area contributed by atoms with Crippen molar-refractivity contribution >= 4 is 5.84 Å². The molecule has 1 rings (SSSR count). The molecule has 0 aliphatic carbocycles. The lowest BCUT2D eigenvalue weighted by molar-refractivity contribution is 0.305. The van der Waals surface area contributed by atoms with E-state index >= 15 is 0 Å². The second-order valence-corrected chi connectivity index (χ2v) is 5.10. The number of hydrogen-bond donors (Lipinski definition) is 3. The van der Waals surface area contributed by atoms with Crippen molar-refractivity contribution in [2.45, 2.75) is 26.7 Å². The SMILES string of the molecule is Cn1ccc(CCNCCC(C)(C)/C(N)=N/O)n1. The maximum absolute atomic E-state index is 8.66. The molecule has 4 N–H and O–H groups in total. The zero-order valence-corrected chi connectivity index (χ0v) is 11.3. The van der Waals surface area contributed by atoms with Gasteiger partial charge in [0.25, 0.3) is 0 Å². The monoisotopic (exact) mass is 253 g/mol. The van der Waals surface area contributed by atoms with Gasteiger partial charge in [0, 0.05) is 31.6 Å². The zero-order chi connectivity index (χ0) is 13.6. The molecule has 0 spiro atoms. The summed E-state index contributed by atoms with van der Waals surface area (Å²) in [4.78, 5) is 0. The minimum Gasteiger partial charge on any atom is -0.409 e. The summed E-state index contributed by atoms with van der Waals surface area (Å²) in [5.74, 6) is 0.272. The summed E-state index contributed by atoms with van der Waals surface area (Å²) >= 11 is 0. The van der Waals surface area contributed by atoms with Crippen LogP contribution in [0.25, 0.3) is 0 Å². The third-order valence-corrected chi connectivity index (χ3v) is 3.05. The summed E-state index contributed by atoms with van der Waals surface area (Å²) in [6.45, 7) is 5.63. The maximum Gasteiger partial charge on any atom is 0.144 e. The lowest BCUT2D eigenvalue weighted by Gasteiger charge is -2.22. The van der Waals surface area contributed by atoms with E-state index in [2.05, 4.69) is 15.6 Å². The molecule has 0 saturated carbocycles. The second kappa shape index (κ2) is 6.39. The summed E-state index contributed by atoms with van der Waals surface area (Å²) in [6.07, 6.45) is 3.67. The maximum atomic E-state index is 8.66. The predicted octanol–water partition coefficient (Wildman–Crippen LogP) is 0.715. The van der Waals surface area contributed by atoms with Crippen LogP contribution in [-0.2, 0) is 13.5 Å². The minimum atomic E-state index is -0.285. The molecule has 102 valence electrons. The van der Waals surface area contributed by atoms with Gasteiger partial charge in [-0.2, -0.15) is 5.10 Å². The molecule has 0 unspecified atom stereocenters. The summed E-state index contributed by atoms with van der Waals surface area (Å²) in [7, 11) is 1.91. The first kappa shape index (κ1) is 14.5. The first-order valence-corrected chi connectivity index (χ1v) is 6.13. The predicted molar refractivity (Wildman–Crippen MR) is 71.6 cm³/mol. The molecule has 0 saturated heterocycles. The van der Waals surface area contributed by atoms with Crippen LogP contribution in [0.5, 0.6) is 0 Å². The number of aromatic nitrogens is 2. The fourth-order valence-corrected chi connectivity index (χ4v) is 1.60. The lowest BCUT2D eigenvalue weighted by atomic mass is 9.88. The van der Waals surface area contributed by atoms with Crippen LogP contribution in [0.1, 0.15) is 26.0 Å². The highest BCUT2D eigenvalue weighted by Gasteiger charge is 2.22. The molecule has 6 nitrogen and oxygen atoms in total. The van der Waals surface area contributed by atoms with E-state index < -0.39 is 0 Å². The van der Waals surface area contributed by atoms with Crippen LogP contribution in [0, 0.1) is 5.41 Å². The zero-order valence-electron chi connectivity index (χ0n) is 11.3. The average Bonchev–Trinajstić information content (AvgIpc) is 2.73. The molecule has 0 aliphatic heterocycles. The van der Waals surface area contributed by atoms with Crippen molar-refractivity contribution in [1.29, 1.82) is 0 Å². The van der Waals surface area contributed by atoms with Crippen molar-refractivity contribution in [3.05, 3.63) is 18.0 Å². The number of nitrogens with one attached hydrogen (secondary N) is 1. The Bertz CT molecular complexity index is 397. The second-order valence-electron chi connectivity index (χ2n) is 5.10. The van der Waals surface area contributed by atoms with Gasteiger partial charge >= 0.3 is 0 Å². The molecule has 0 amide bonds. The van der Waals surface area contributed by atoms with Gasteiger partial charge in [-0.05, 0) is 19.0 Å². The van der Waals surface area contributed by atoms with Gasteiger partial charge in [-0.25, -0.2) is 0 Å². The fraction of sp³-hybridized carbons (Fsp3) is 0.667. The molecule has 0 aliphatic rings. The molecule has 18 heavy (non-hydrogen) atoms. The molecule has 0 atom stereocenters. The topological polar surface area (TPSA) is 88.5 Å². The van der Waals surface area contributed by atoms with Gasteiger partial charge in [-0.15, -0.1) is 0 Å². The van der Waals surface area contributed by atoms with Gasteiger partial charge in [0.15, 0.2) is 0 Å². The number of hydrogen-bond acceptors (Lipinski definition) is 4. The molecule has 6 heteroatoms. The number of rotatable bonds is 7. The van der Waals surface area contributed by atoms with E-state index in [1.807, 2.05) is 33.2 Å². The molecule has 1 aromatic heterocycles. The Labute approximate surface area is 108 Å². The highest BCUT2D eigenvalue weighted by atomic mass is 16.4. The van der Waals surface area contributed by atoms with Crippen molar-refractivity contribution in [2.75, 3.05) is 13.1 Å². The van der Waals surface area contributed by atoms with Crippen LogP contribution in [0.2, 0.25) is 0 Å². The van der Waals surface area contributed by atoms with E-state index in [1.165, 1.54) is 0 Å². The molecule has 1 heterocycles. The number of amidine groups is 1. The third kappa shape index (κ3) is 4.37. The highest BCUT2D eigenvalue weighted by Crippen LogP contribution is 2.19. The molecular formula is C12H23N5O. The first-order chi connectivity index (χ1) is 8.45. The van der Waals surface area contributed by atoms with Crippen LogP contribution >= 0.6 is 0 Å². The number of nitrogens with two attached hydrogens (primary N) is 1. The van der Waals surface area contributed by atoms with E-state index in [-0.39, 0.29) is 11.3 Å². The summed E-state index contributed by atoms with van der Waals surface area (Å²) < 4.78 is 1.80. The molecule has 0 radical (unpaired) electrons. The molecule has 0 aromatic carbocycles. The summed E-state index contributed by atoms with van der Waals surface area (Å²) in [5.41, 5.74) is 6.42. The van der Waals surface area contributed by atoms with Crippen molar-refractivity contribution in [1.82, 2.24) is 15.1 Å². The van der Waals surface area contributed by atoms with Crippen LogP contribution in [-0.4, -0.2) is 33.9 Å². The van der Waals surface area contributed by atoms with Gasteiger partial charge in [0.05, 0.1) is 5.69 Å². The average molecular weight is 253 g/mol. The molecule has 1 aromatic rings. The quantitative estimate of drug-likeness (QED) is 0.219. The Morgan fingerprint density at radius 3 is 2.83 bits per heavy atom. The fourth-order valence-electron chi connectivity index (χ4n) is 1.60. The van der Waals surface area contributed by atoms with E-state index in [4.69, 9.17) is 10.9 Å². The van der Waals surface area contributed by atoms with Crippen LogP contribution in [0.3, 0.4) is 0 Å². The van der Waals surface area contributed by atoms with Crippen molar-refractivity contribution in [3.63, 3.8) is 0 Å². The van der Waals surface area contributed by atoms with E-state index in [0.717, 1.165) is 31.6 Å². The normalized spacial score (nSPS) is 12.9. The number of oxime groups is 1. The van der Waals surface area contributed by atoms with Gasteiger partial charge in [-0.1, -0.05) is 19.0 Å². The van der Waals surface area contributed by atoms with Crippen molar-refractivity contribution in [2.24, 2.45) is 23.4 Å². The van der Waals surface area contributed by atoms with Crippen LogP contribution < -0.4 is 11.1 Å². The molecule has 0 bridgehead atoms. The van der Waals surface area contributed by atoms with E-state index in [1.54, 1.807) is 4.68 Å². The first-order valence-electron chi connectivity index (χ1n) is 6.13. The van der Waals surface area contributed by atoms with Crippen LogP contribution in [0.4, 0.5) is 0 Å². The highest BCUT2D eigenvalue weighted by molar-refractivity contribution is 5.85. The van der Waals surface area contributed by atoms with Gasteiger partial charge in [-0.3, -0.25) is 4.68 Å². The lowest BCUT2D eigenvalue weighted by Crippen LogP contribution is -2.35. The Morgan fingerprint density at radius 1 is 1.56 bits per heavy atom. The van der Waals surface area contributed by atoms with Crippen LogP contribution in [0.15, 0.2) is 17.4 Å². The summed E-state index contributed by atoms with van der Waals surface area (Å²) in [6, 6.07) is 2.02. The van der Waals surface area contributed by atoms with E-state index in [0.29, 0.717) is 0 Å². The Hall–Kier alpha value is -1.56. The van der Waals surface area contributed by atoms with E-state index in [9.17, 15) is 0 Å². The Kier molecular flexibility index (Phi) is 5.15. The molecule has 0 fully saturated rings. The van der Waals surface area contributed by atoms with Crippen molar-refractivity contribution < 1.29 is 5.21 Å². The number of aryl methyl sites for hydroxylation is 1. The number of nitrogens with zero attached hydrogens (tertiary/aromatic N) is 3. The van der Waals surface area contributed by atoms with Gasteiger partial charge in [0.1, 0.15) is 5.84 Å².